The molecule has 0 saturated heterocycles. The Hall–Kier alpha value is -2.80. The molecule has 7 heteroatoms. The van der Waals surface area contributed by atoms with Crippen LogP contribution in [0.1, 0.15) is 17.3 Å². The largest absolute Gasteiger partial charge is 0.339 e. The van der Waals surface area contributed by atoms with Gasteiger partial charge in [0.15, 0.2) is 5.82 Å². The van der Waals surface area contributed by atoms with Gasteiger partial charge in [0.2, 0.25) is 11.7 Å². The smallest absolute Gasteiger partial charge is 0.223 e. The molecular formula is C19H15FN4OS. The molecule has 0 N–H and O–H groups in total. The first-order valence-corrected chi connectivity index (χ1v) is 9.04. The molecule has 2 aromatic heterocycles. The average molecular weight is 366 g/mol. The standard InChI is InChI=1S/C19H15FN4OS/c1-11-21-17-15(18(22-11)19-23-12(2)25-24-19)8-14(9-16(17)20)26-10-13-6-4-3-5-7-13/h3-9H,10H2,1-2H3. The van der Waals surface area contributed by atoms with Gasteiger partial charge in [-0.2, -0.15) is 4.98 Å². The highest BCUT2D eigenvalue weighted by Gasteiger charge is 2.17. The van der Waals surface area contributed by atoms with Crippen LogP contribution in [0, 0.1) is 19.7 Å². The molecule has 0 saturated carbocycles. The second-order valence-corrected chi connectivity index (χ2v) is 6.88. The molecule has 0 spiro atoms. The Morgan fingerprint density at radius 3 is 2.58 bits per heavy atom. The Kier molecular flexibility index (Phi) is 4.38. The van der Waals surface area contributed by atoms with E-state index in [4.69, 9.17) is 4.52 Å². The quantitative estimate of drug-likeness (QED) is 0.487. The van der Waals surface area contributed by atoms with Crippen LogP contribution < -0.4 is 0 Å². The normalized spacial score (nSPS) is 11.2. The Balaban J connectivity index is 1.78. The first-order chi connectivity index (χ1) is 12.6. The number of nitrogens with zero attached hydrogens (tertiary/aromatic N) is 4. The Bertz CT molecular complexity index is 1080. The van der Waals surface area contributed by atoms with Crippen molar-refractivity contribution in [1.29, 1.82) is 0 Å². The molecule has 130 valence electrons. The lowest BCUT2D eigenvalue weighted by Gasteiger charge is -2.08. The summed E-state index contributed by atoms with van der Waals surface area (Å²) in [5.41, 5.74) is 1.91. The summed E-state index contributed by atoms with van der Waals surface area (Å²) < 4.78 is 19.7. The van der Waals surface area contributed by atoms with Crippen LogP contribution in [0.4, 0.5) is 4.39 Å². The number of thioether (sulfide) groups is 1. The first-order valence-electron chi connectivity index (χ1n) is 8.05. The SMILES string of the molecule is Cc1nc(-c2noc(C)n2)c2cc(SCc3ccccc3)cc(F)c2n1. The van der Waals surface area contributed by atoms with Crippen LogP contribution in [0.15, 0.2) is 51.9 Å². The maximum atomic E-state index is 14.7. The molecule has 0 bridgehead atoms. The lowest BCUT2D eigenvalue weighted by atomic mass is 10.1. The van der Waals surface area contributed by atoms with Crippen LogP contribution in [0.2, 0.25) is 0 Å². The summed E-state index contributed by atoms with van der Waals surface area (Å²) in [5, 5.41) is 4.50. The van der Waals surface area contributed by atoms with Crippen molar-refractivity contribution in [1.82, 2.24) is 20.1 Å². The van der Waals surface area contributed by atoms with E-state index in [9.17, 15) is 4.39 Å². The van der Waals surface area contributed by atoms with Crippen molar-refractivity contribution < 1.29 is 8.91 Å². The molecule has 2 heterocycles. The predicted octanol–water partition coefficient (Wildman–Crippen LogP) is 4.73. The van der Waals surface area contributed by atoms with Gasteiger partial charge >= 0.3 is 0 Å². The van der Waals surface area contributed by atoms with E-state index in [0.29, 0.717) is 28.6 Å². The van der Waals surface area contributed by atoms with E-state index < -0.39 is 0 Å². The molecule has 0 atom stereocenters. The number of aryl methyl sites for hydroxylation is 2. The minimum Gasteiger partial charge on any atom is -0.339 e. The third kappa shape index (κ3) is 3.30. The van der Waals surface area contributed by atoms with Gasteiger partial charge in [-0.15, -0.1) is 11.8 Å². The second-order valence-electron chi connectivity index (χ2n) is 5.83. The molecule has 0 amide bonds. The minimum absolute atomic E-state index is 0.263. The zero-order valence-electron chi connectivity index (χ0n) is 14.2. The van der Waals surface area contributed by atoms with Gasteiger partial charge in [0.05, 0.1) is 0 Å². The monoisotopic (exact) mass is 366 g/mol. The topological polar surface area (TPSA) is 64.7 Å². The van der Waals surface area contributed by atoms with E-state index in [1.54, 1.807) is 25.6 Å². The zero-order valence-corrected chi connectivity index (χ0v) is 15.0. The Morgan fingerprint density at radius 2 is 1.85 bits per heavy atom. The molecule has 5 nitrogen and oxygen atoms in total. The number of fused-ring (bicyclic) bond motifs is 1. The molecule has 0 radical (unpaired) electrons. The summed E-state index contributed by atoms with van der Waals surface area (Å²) >= 11 is 1.56. The lowest BCUT2D eigenvalue weighted by Crippen LogP contribution is -1.98. The van der Waals surface area contributed by atoms with Gasteiger partial charge < -0.3 is 4.52 Å². The third-order valence-electron chi connectivity index (χ3n) is 3.83. The van der Waals surface area contributed by atoms with Gasteiger partial charge in [0, 0.05) is 23.0 Å². The predicted molar refractivity (Wildman–Crippen MR) is 98.3 cm³/mol. The number of halogens is 1. The third-order valence-corrected chi connectivity index (χ3v) is 4.87. The number of benzene rings is 2. The fourth-order valence-corrected chi connectivity index (χ4v) is 3.58. The molecule has 0 unspecified atom stereocenters. The van der Waals surface area contributed by atoms with Gasteiger partial charge in [-0.3, -0.25) is 0 Å². The van der Waals surface area contributed by atoms with Gasteiger partial charge in [0.1, 0.15) is 17.0 Å². The molecule has 26 heavy (non-hydrogen) atoms. The van der Waals surface area contributed by atoms with Crippen LogP contribution in [-0.4, -0.2) is 20.1 Å². The minimum atomic E-state index is -0.384. The highest BCUT2D eigenvalue weighted by molar-refractivity contribution is 7.98. The van der Waals surface area contributed by atoms with Crippen molar-refractivity contribution in [2.75, 3.05) is 0 Å². The summed E-state index contributed by atoms with van der Waals surface area (Å²) in [4.78, 5) is 13.7. The molecule has 0 aliphatic heterocycles. The van der Waals surface area contributed by atoms with Crippen molar-refractivity contribution in [3.63, 3.8) is 0 Å². The van der Waals surface area contributed by atoms with Crippen molar-refractivity contribution >= 4 is 22.7 Å². The fraction of sp³-hybridized carbons (Fsp3) is 0.158. The van der Waals surface area contributed by atoms with Gasteiger partial charge in [0.25, 0.3) is 0 Å². The summed E-state index contributed by atoms with van der Waals surface area (Å²) in [6.45, 7) is 3.42. The van der Waals surface area contributed by atoms with E-state index in [0.717, 1.165) is 10.6 Å². The van der Waals surface area contributed by atoms with Gasteiger partial charge in [-0.05, 0) is 24.6 Å². The number of hydrogen-bond donors (Lipinski definition) is 0. The highest BCUT2D eigenvalue weighted by atomic mass is 32.2. The lowest BCUT2D eigenvalue weighted by molar-refractivity contribution is 0.394. The number of hydrogen-bond acceptors (Lipinski definition) is 6. The fourth-order valence-electron chi connectivity index (χ4n) is 2.67. The van der Waals surface area contributed by atoms with Crippen LogP contribution in [0.5, 0.6) is 0 Å². The number of aromatic nitrogens is 4. The Morgan fingerprint density at radius 1 is 1.04 bits per heavy atom. The van der Waals surface area contributed by atoms with Crippen LogP contribution in [0.3, 0.4) is 0 Å². The van der Waals surface area contributed by atoms with Crippen LogP contribution in [-0.2, 0) is 5.75 Å². The molecule has 4 rings (SSSR count). The zero-order chi connectivity index (χ0) is 18.1. The van der Waals surface area contributed by atoms with Crippen molar-refractivity contribution in [2.45, 2.75) is 24.5 Å². The summed E-state index contributed by atoms with van der Waals surface area (Å²) in [7, 11) is 0. The van der Waals surface area contributed by atoms with E-state index in [2.05, 4.69) is 20.1 Å². The van der Waals surface area contributed by atoms with Crippen molar-refractivity contribution in [3.8, 4) is 11.5 Å². The van der Waals surface area contributed by atoms with Crippen molar-refractivity contribution in [3.05, 3.63) is 65.6 Å². The molecular weight excluding hydrogens is 351 g/mol. The highest BCUT2D eigenvalue weighted by Crippen LogP contribution is 2.32. The summed E-state index contributed by atoms with van der Waals surface area (Å²) in [6.07, 6.45) is 0. The number of rotatable bonds is 4. The maximum Gasteiger partial charge on any atom is 0.223 e. The second kappa shape index (κ2) is 6.84. The van der Waals surface area contributed by atoms with E-state index >= 15 is 0 Å². The molecule has 0 fully saturated rings. The average Bonchev–Trinajstić information content (AvgIpc) is 3.07. The van der Waals surface area contributed by atoms with E-state index in [1.807, 2.05) is 36.4 Å². The van der Waals surface area contributed by atoms with E-state index in [1.165, 1.54) is 11.6 Å². The van der Waals surface area contributed by atoms with Crippen LogP contribution >= 0.6 is 11.8 Å². The maximum absolute atomic E-state index is 14.7. The summed E-state index contributed by atoms with van der Waals surface area (Å²) in [5.74, 6) is 1.58. The molecule has 0 aliphatic carbocycles. The van der Waals surface area contributed by atoms with Gasteiger partial charge in [-0.25, -0.2) is 14.4 Å². The van der Waals surface area contributed by atoms with Gasteiger partial charge in [-0.1, -0.05) is 35.5 Å². The van der Waals surface area contributed by atoms with Crippen LogP contribution in [0.25, 0.3) is 22.4 Å². The Labute approximate surface area is 153 Å². The molecule has 2 aromatic carbocycles. The van der Waals surface area contributed by atoms with Crippen molar-refractivity contribution in [2.24, 2.45) is 0 Å². The molecule has 4 aromatic rings. The summed E-state index contributed by atoms with van der Waals surface area (Å²) in [6, 6.07) is 13.4. The first kappa shape index (κ1) is 16.7. The molecule has 0 aliphatic rings. The van der Waals surface area contributed by atoms with E-state index in [-0.39, 0.29) is 11.3 Å².